The van der Waals surface area contributed by atoms with E-state index in [9.17, 15) is 9.59 Å². The lowest BCUT2D eigenvalue weighted by Crippen LogP contribution is -2.32. The molecule has 0 radical (unpaired) electrons. The summed E-state index contributed by atoms with van der Waals surface area (Å²) in [6.07, 6.45) is 7.90. The maximum Gasteiger partial charge on any atom is 0.330 e. The quantitative estimate of drug-likeness (QED) is 0.109. The monoisotopic (exact) mass is 1030 g/mol. The number of nitrogens with zero attached hydrogens (tertiary/aromatic N) is 15. The van der Waals surface area contributed by atoms with Crippen LogP contribution in [-0.2, 0) is 6.54 Å². The van der Waals surface area contributed by atoms with Crippen LogP contribution in [0.15, 0.2) is 120 Å². The molecular weight excluding hydrogens is 984 g/mol. The minimum absolute atomic E-state index is 0. The summed E-state index contributed by atoms with van der Waals surface area (Å²) in [7, 11) is 7.97. The first kappa shape index (κ1) is 50.5. The van der Waals surface area contributed by atoms with Crippen LogP contribution in [0.2, 0.25) is 0 Å². The number of fused-ring (bicyclic) bond motifs is 6. The zero-order chi connectivity index (χ0) is 50.8. The van der Waals surface area contributed by atoms with Crippen molar-refractivity contribution >= 4 is 79.8 Å². The second-order valence-corrected chi connectivity index (χ2v) is 18.2. The van der Waals surface area contributed by atoms with Crippen molar-refractivity contribution in [1.82, 2.24) is 67.5 Å². The van der Waals surface area contributed by atoms with Gasteiger partial charge in [-0.3, -0.25) is 22.8 Å². The summed E-state index contributed by atoms with van der Waals surface area (Å²) in [5.74, 6) is 3.07. The molecule has 376 valence electrons. The van der Waals surface area contributed by atoms with E-state index in [0.717, 1.165) is 57.1 Å². The van der Waals surface area contributed by atoms with E-state index in [1.54, 1.807) is 78.2 Å². The highest BCUT2D eigenvalue weighted by molar-refractivity contribution is 6.18. The first-order chi connectivity index (χ1) is 35.5. The fourth-order valence-corrected chi connectivity index (χ4v) is 9.41. The van der Waals surface area contributed by atoms with E-state index < -0.39 is 0 Å². The summed E-state index contributed by atoms with van der Waals surface area (Å²) >= 11 is 5.35. The lowest BCUT2D eigenvalue weighted by atomic mass is 10.0. The van der Waals surface area contributed by atoms with Crippen LogP contribution in [0.4, 0.5) is 11.4 Å². The van der Waals surface area contributed by atoms with E-state index in [1.165, 1.54) is 0 Å². The van der Waals surface area contributed by atoms with Gasteiger partial charge in [-0.05, 0) is 64.6 Å². The van der Waals surface area contributed by atoms with Gasteiger partial charge in [-0.2, -0.15) is 9.97 Å². The Morgan fingerprint density at radius 3 is 1.73 bits per heavy atom. The predicted octanol–water partition coefficient (Wildman–Crippen LogP) is 8.01. The summed E-state index contributed by atoms with van der Waals surface area (Å²) in [4.78, 5) is 68.2. The normalized spacial score (nSPS) is 14.7. The molecule has 20 nitrogen and oxygen atoms in total. The number of benzene rings is 4. The van der Waals surface area contributed by atoms with Crippen LogP contribution in [0.5, 0.6) is 11.5 Å². The average Bonchev–Trinajstić information content (AvgIpc) is 4.18. The Labute approximate surface area is 435 Å². The number of aromatic nitrogens is 12. The van der Waals surface area contributed by atoms with Gasteiger partial charge < -0.3 is 24.3 Å². The second-order valence-electron chi connectivity index (χ2n) is 17.9. The zero-order valence-corrected chi connectivity index (χ0v) is 42.4. The van der Waals surface area contributed by atoms with Crippen LogP contribution >= 0.6 is 24.0 Å². The number of likely N-dealkylation sites (N-methyl/N-ethyl adjacent to an activating group) is 1. The van der Waals surface area contributed by atoms with E-state index in [2.05, 4.69) is 34.6 Å². The first-order valence-electron chi connectivity index (χ1n) is 23.5. The van der Waals surface area contributed by atoms with Crippen LogP contribution in [-0.4, -0.2) is 128 Å². The molecule has 2 aliphatic heterocycles. The molecule has 8 heterocycles. The molecule has 0 bridgehead atoms. The third-order valence-corrected chi connectivity index (χ3v) is 12.8. The third-order valence-electron chi connectivity index (χ3n) is 12.7. The molecule has 2 aliphatic rings. The molecule has 0 saturated carbocycles. The summed E-state index contributed by atoms with van der Waals surface area (Å²) < 4.78 is 20.3. The standard InChI is InChI=1S/C26H24N8O2.C22H15N7O2.C4H10ClN.ClH/c1-27-17-8-9-19-21(14-17)33(16-29-19)25-28-15-22-24(30-25)34(26(35)32(22)12-11-31(2)3)20-10-13-36-23-7-5-4-6-18(20)23;1-23-13-6-7-15-18(10-13)28(12-25-15)21-24-11-16-20(27-21)29(22(30)26-16)17-8-9-31-19-5-3-2-4-14(17)19;1-6(2)4-3-5;/h4-9,14-16,20H,10-13H2,2-3H3;2-7,10-12,17H,8-9H2,(H,26,30);3-4H2,1-2H3;1H/t20-;17-;;/m11../s1. The van der Waals surface area contributed by atoms with Gasteiger partial charge >= 0.3 is 11.4 Å². The Kier molecular flexibility index (Phi) is 14.9. The summed E-state index contributed by atoms with van der Waals surface area (Å²) in [6.45, 7) is 17.9. The summed E-state index contributed by atoms with van der Waals surface area (Å²) in [5, 5.41) is 0. The third kappa shape index (κ3) is 9.78. The van der Waals surface area contributed by atoms with Crippen molar-refractivity contribution in [3.8, 4) is 23.4 Å². The van der Waals surface area contributed by atoms with Gasteiger partial charge in [-0.1, -0.05) is 48.5 Å². The zero-order valence-electron chi connectivity index (χ0n) is 40.8. The maximum absolute atomic E-state index is 13.9. The van der Waals surface area contributed by atoms with Gasteiger partial charge in [0.15, 0.2) is 22.7 Å². The maximum atomic E-state index is 13.9. The summed E-state index contributed by atoms with van der Waals surface area (Å²) in [6, 6.07) is 25.8. The number of ether oxygens (including phenoxy) is 2. The van der Waals surface area contributed by atoms with Gasteiger partial charge in [0.1, 0.15) is 35.2 Å². The molecule has 0 spiro atoms. The number of para-hydroxylation sites is 2. The fourth-order valence-electron chi connectivity index (χ4n) is 9.08. The van der Waals surface area contributed by atoms with Crippen molar-refractivity contribution in [2.24, 2.45) is 0 Å². The van der Waals surface area contributed by atoms with Gasteiger partial charge in [0.2, 0.25) is 11.9 Å². The number of imidazole rings is 4. The number of halogens is 2. The lowest BCUT2D eigenvalue weighted by Gasteiger charge is -2.26. The van der Waals surface area contributed by atoms with E-state index >= 15 is 0 Å². The predicted molar refractivity (Wildman–Crippen MR) is 286 cm³/mol. The molecular formula is C52H50Cl2N16O4. The van der Waals surface area contributed by atoms with E-state index in [0.29, 0.717) is 84.7 Å². The van der Waals surface area contributed by atoms with Gasteiger partial charge in [0.25, 0.3) is 0 Å². The molecule has 0 aliphatic carbocycles. The molecule has 6 aromatic heterocycles. The van der Waals surface area contributed by atoms with Crippen molar-refractivity contribution in [1.29, 1.82) is 0 Å². The van der Waals surface area contributed by atoms with E-state index in [4.69, 9.17) is 44.2 Å². The first-order valence-corrected chi connectivity index (χ1v) is 24.0. The molecule has 4 aromatic carbocycles. The number of aromatic amines is 1. The Morgan fingerprint density at radius 1 is 0.676 bits per heavy atom. The smallest absolute Gasteiger partial charge is 0.330 e. The van der Waals surface area contributed by atoms with Crippen molar-refractivity contribution < 1.29 is 9.47 Å². The Hall–Kier alpha value is -8.40. The van der Waals surface area contributed by atoms with Gasteiger partial charge in [-0.15, -0.1) is 24.0 Å². The van der Waals surface area contributed by atoms with Crippen LogP contribution in [0.25, 0.3) is 66.0 Å². The van der Waals surface area contributed by atoms with Crippen molar-refractivity contribution in [3.63, 3.8) is 0 Å². The number of rotatable bonds is 9. The molecule has 0 fully saturated rings. The number of alkyl halides is 1. The fraction of sp³-hybridized carbons (Fsp3) is 0.269. The van der Waals surface area contributed by atoms with Crippen LogP contribution in [0.3, 0.4) is 0 Å². The van der Waals surface area contributed by atoms with Gasteiger partial charge in [0.05, 0.1) is 72.9 Å². The molecule has 0 saturated heterocycles. The van der Waals surface area contributed by atoms with Gasteiger partial charge in [-0.25, -0.2) is 39.2 Å². The largest absolute Gasteiger partial charge is 0.493 e. The minimum Gasteiger partial charge on any atom is -0.493 e. The Balaban J connectivity index is 0.000000163. The number of hydrogen-bond donors (Lipinski definition) is 1. The molecule has 0 amide bonds. The highest BCUT2D eigenvalue weighted by atomic mass is 35.5. The molecule has 2 atom stereocenters. The van der Waals surface area contributed by atoms with Crippen molar-refractivity contribution in [2.75, 3.05) is 60.4 Å². The Morgan fingerprint density at radius 2 is 1.20 bits per heavy atom. The highest BCUT2D eigenvalue weighted by Crippen LogP contribution is 2.37. The average molecular weight is 1030 g/mol. The van der Waals surface area contributed by atoms with Crippen LogP contribution < -0.4 is 20.9 Å². The molecule has 22 heteroatoms. The number of hydrogen-bond acceptors (Lipinski definition) is 12. The summed E-state index contributed by atoms with van der Waals surface area (Å²) in [5.41, 5.74) is 7.83. The minimum atomic E-state index is -0.242. The van der Waals surface area contributed by atoms with Gasteiger partial charge in [0, 0.05) is 49.5 Å². The van der Waals surface area contributed by atoms with E-state index in [-0.39, 0.29) is 35.9 Å². The van der Waals surface area contributed by atoms with Crippen molar-refractivity contribution in [2.45, 2.75) is 31.5 Å². The number of H-pyrrole nitrogens is 1. The molecule has 10 aromatic rings. The highest BCUT2D eigenvalue weighted by Gasteiger charge is 2.30. The number of nitrogens with one attached hydrogen (secondary N) is 1. The lowest BCUT2D eigenvalue weighted by molar-refractivity contribution is 0.255. The van der Waals surface area contributed by atoms with Crippen LogP contribution in [0.1, 0.15) is 36.1 Å². The topological polar surface area (TPSA) is 186 Å². The van der Waals surface area contributed by atoms with Crippen LogP contribution in [0, 0.1) is 13.1 Å². The Bertz CT molecular complexity index is 3880. The SMILES string of the molecule is CN(C)CCCl.Cl.[C-]#[N+]c1ccc2ncn(-c3ncc4[nH]c(=O)n([C@@H]5CCOc6ccccc65)c4n3)c2c1.[C-]#[N+]c1ccc2ncn(-c3ncc4c(n3)n([C@@H]3CCOc5ccccc53)c(=O)n4CCN(C)C)c2c1. The molecule has 0 unspecified atom stereocenters. The van der Waals surface area contributed by atoms with Crippen molar-refractivity contribution in [3.05, 3.63) is 165 Å². The molecule has 12 rings (SSSR count). The molecule has 1 N–H and O–H groups in total. The molecule has 74 heavy (non-hydrogen) atoms. The van der Waals surface area contributed by atoms with E-state index in [1.807, 2.05) is 92.6 Å². The second kappa shape index (κ2) is 21.8.